The van der Waals surface area contributed by atoms with E-state index in [9.17, 15) is 49.8 Å². The van der Waals surface area contributed by atoms with Crippen molar-refractivity contribution in [2.75, 3.05) is 6.54 Å². The number of amides is 8. The molecule has 0 saturated heterocycles. The molecule has 8 aromatic carbocycles. The molecule has 6 aliphatic heterocycles. The van der Waals surface area contributed by atoms with E-state index in [1.165, 1.54) is 66.7 Å². The lowest BCUT2D eigenvalue weighted by Crippen LogP contribution is -2.57. The molecule has 25 nitrogen and oxygen atoms in total. The van der Waals surface area contributed by atoms with Crippen LogP contribution in [0.5, 0.6) is 51.7 Å². The lowest BCUT2D eigenvalue weighted by Gasteiger charge is -2.29. The highest BCUT2D eigenvalue weighted by Crippen LogP contribution is 2.44. The number of aliphatic carboxylic acids is 1. The molecular weight excluding hydrogens is 1260 g/mol. The number of aromatic hydroxyl groups is 5. The molecular formula is C70H60ClN9O16. The van der Waals surface area contributed by atoms with Gasteiger partial charge in [0.05, 0.1) is 5.02 Å². The summed E-state index contributed by atoms with van der Waals surface area (Å²) >= 11 is 6.88. The molecule has 488 valence electrons. The van der Waals surface area contributed by atoms with Crippen LogP contribution in [0.3, 0.4) is 0 Å². The number of carboxylic acids is 1. The van der Waals surface area contributed by atoms with Crippen LogP contribution in [-0.2, 0) is 59.2 Å². The molecule has 26 heteroatoms. The fourth-order valence-corrected chi connectivity index (χ4v) is 11.9. The summed E-state index contributed by atoms with van der Waals surface area (Å²) in [4.78, 5) is 121. The number of ether oxygens (including phenoxy) is 2. The summed E-state index contributed by atoms with van der Waals surface area (Å²) < 4.78 is 12.4. The summed E-state index contributed by atoms with van der Waals surface area (Å²) in [6, 6.07) is 26.5. The van der Waals surface area contributed by atoms with E-state index in [4.69, 9.17) is 21.1 Å². The quantitative estimate of drug-likeness (QED) is 0.0657. The van der Waals surface area contributed by atoms with Crippen LogP contribution in [0.25, 0.3) is 22.0 Å². The standard InChI is InChI=1S/C70H60ClN9O16/c71-49-27-38-12-19-55(49)96-56-30-39(11-18-54(56)84)61(69(92)93)80-64(87)51-22-36-8-15-46(16-9-36)95-57-31-41-26-48(62(57)85)37-10-17-47-42(33-73-50(47)28-37)29-53(74-63(86)52(23-35-6-13-43(81)14-7-35)76-70(94)72-21-20-34-4-2-1-3-5-34)65(88)77-59(40-24-44(82)32-45(83)25-40)67(90)79-60(41)68(91)78-58(38)66(89)75-51/h1-19,24-28,30-33,51-53,58-61,73,81-85H,20-23,29H2,(H,74,86)(H,75,89)(H,77,88)(H,78,91)(H,79,90)(H,80,87)(H,92,93)(H2,72,76,94)/t51-,52-,53-,58+,59-,60+,61+/m0/s1. The van der Waals surface area contributed by atoms with Gasteiger partial charge < -0.3 is 87.6 Å². The Balaban J connectivity index is 0.975. The molecule has 0 unspecified atom stereocenters. The number of carbonyl (C=O) groups excluding carboxylic acids is 7. The molecule has 96 heavy (non-hydrogen) atoms. The number of benzene rings is 8. The smallest absolute Gasteiger partial charge is 0.330 e. The first-order valence-corrected chi connectivity index (χ1v) is 30.5. The molecule has 0 spiro atoms. The zero-order valence-electron chi connectivity index (χ0n) is 50.4. The van der Waals surface area contributed by atoms with Crippen LogP contribution in [0.4, 0.5) is 4.79 Å². The molecule has 1 aromatic heterocycles. The lowest BCUT2D eigenvalue weighted by molar-refractivity contribution is -0.142. The van der Waals surface area contributed by atoms with Crippen LogP contribution in [0.15, 0.2) is 170 Å². The molecule has 0 aliphatic carbocycles. The molecule has 9 aromatic rings. The minimum atomic E-state index is -2.01. The fourth-order valence-electron chi connectivity index (χ4n) is 11.7. The maximum atomic E-state index is 15.8. The number of urea groups is 1. The summed E-state index contributed by atoms with van der Waals surface area (Å²) in [5, 5.41) is 87.7. The minimum absolute atomic E-state index is 0.0420. The average Bonchev–Trinajstić information content (AvgIpc) is 1.33. The third-order valence-electron chi connectivity index (χ3n) is 16.6. The van der Waals surface area contributed by atoms with E-state index in [2.05, 4.69) is 47.5 Å². The van der Waals surface area contributed by atoms with Crippen molar-refractivity contribution in [3.8, 4) is 62.9 Å². The summed E-state index contributed by atoms with van der Waals surface area (Å²) in [6.07, 6.45) is 1.30. The molecule has 0 saturated carbocycles. The van der Waals surface area contributed by atoms with Crippen molar-refractivity contribution in [1.82, 2.24) is 47.5 Å². The van der Waals surface area contributed by atoms with Crippen LogP contribution in [0, 0.1) is 0 Å². The molecule has 0 radical (unpaired) electrons. The zero-order chi connectivity index (χ0) is 67.5. The second-order valence-electron chi connectivity index (χ2n) is 23.2. The Bertz CT molecular complexity index is 4550. The molecule has 15 rings (SSSR count). The van der Waals surface area contributed by atoms with Crippen molar-refractivity contribution in [3.63, 3.8) is 0 Å². The van der Waals surface area contributed by atoms with Crippen LogP contribution in [0.2, 0.25) is 5.02 Å². The van der Waals surface area contributed by atoms with Gasteiger partial charge in [0.15, 0.2) is 29.0 Å². The van der Waals surface area contributed by atoms with Crippen molar-refractivity contribution < 1.29 is 78.5 Å². The van der Waals surface area contributed by atoms with E-state index < -0.39 is 113 Å². The van der Waals surface area contributed by atoms with Gasteiger partial charge >= 0.3 is 12.0 Å². The van der Waals surface area contributed by atoms with Crippen molar-refractivity contribution >= 4 is 69.9 Å². The van der Waals surface area contributed by atoms with E-state index in [-0.39, 0.29) is 87.4 Å². The Morgan fingerprint density at radius 1 is 0.573 bits per heavy atom. The van der Waals surface area contributed by atoms with E-state index >= 15 is 19.2 Å². The van der Waals surface area contributed by atoms with Gasteiger partial charge in [0.25, 0.3) is 0 Å². The van der Waals surface area contributed by atoms with E-state index in [0.29, 0.717) is 39.6 Å². The number of hydrogen-bond acceptors (Lipinski definition) is 15. The topological polar surface area (TPSA) is 388 Å². The van der Waals surface area contributed by atoms with Gasteiger partial charge in [0, 0.05) is 54.5 Å². The Morgan fingerprint density at radius 2 is 1.24 bits per heavy atom. The lowest BCUT2D eigenvalue weighted by atomic mass is 9.94. The summed E-state index contributed by atoms with van der Waals surface area (Å²) in [5.41, 5.74) is 2.64. The second kappa shape index (κ2) is 27.1. The number of carbonyl (C=O) groups is 8. The van der Waals surface area contributed by atoms with Crippen LogP contribution in [-0.4, -0.2) is 108 Å². The maximum Gasteiger partial charge on any atom is 0.330 e. The van der Waals surface area contributed by atoms with Crippen molar-refractivity contribution in [3.05, 3.63) is 220 Å². The Labute approximate surface area is 550 Å². The molecule has 0 fully saturated rings. The molecule has 7 heterocycles. The molecule has 15 bridgehead atoms. The Kier molecular flexibility index (Phi) is 18.1. The van der Waals surface area contributed by atoms with Gasteiger partial charge in [-0.2, -0.15) is 0 Å². The number of phenolic OH excluding ortho intramolecular Hbond substituents is 5. The Morgan fingerprint density at radius 3 is 1.95 bits per heavy atom. The third kappa shape index (κ3) is 14.2. The molecule has 6 aliphatic rings. The maximum absolute atomic E-state index is 15.8. The molecule has 8 amide bonds. The monoisotopic (exact) mass is 1320 g/mol. The first kappa shape index (κ1) is 63.9. The highest BCUT2D eigenvalue weighted by atomic mass is 35.5. The van der Waals surface area contributed by atoms with Gasteiger partial charge in [-0.1, -0.05) is 90.5 Å². The van der Waals surface area contributed by atoms with Gasteiger partial charge in [-0.3, -0.25) is 28.8 Å². The number of phenols is 5. The molecule has 15 N–H and O–H groups in total. The predicted molar refractivity (Wildman–Crippen MR) is 346 cm³/mol. The first-order valence-electron chi connectivity index (χ1n) is 30.2. The first-order chi connectivity index (χ1) is 46.2. The van der Waals surface area contributed by atoms with Gasteiger partial charge in [-0.15, -0.1) is 0 Å². The van der Waals surface area contributed by atoms with Gasteiger partial charge in [-0.05, 0) is 135 Å². The van der Waals surface area contributed by atoms with E-state index in [1.807, 2.05) is 30.3 Å². The van der Waals surface area contributed by atoms with E-state index in [1.54, 1.807) is 48.7 Å². The number of nitrogens with one attached hydrogen (secondary N) is 9. The van der Waals surface area contributed by atoms with Crippen LogP contribution < -0.4 is 52.0 Å². The second-order valence-corrected chi connectivity index (χ2v) is 23.6. The number of H-pyrrole nitrogens is 1. The van der Waals surface area contributed by atoms with Crippen LogP contribution >= 0.6 is 11.6 Å². The highest BCUT2D eigenvalue weighted by Gasteiger charge is 2.39. The van der Waals surface area contributed by atoms with Crippen molar-refractivity contribution in [1.29, 1.82) is 0 Å². The number of carboxylic acid groups (broad SMARTS) is 1. The van der Waals surface area contributed by atoms with Gasteiger partial charge in [0.1, 0.15) is 65.0 Å². The Hall–Kier alpha value is -12.3. The number of aromatic nitrogens is 1. The van der Waals surface area contributed by atoms with Crippen molar-refractivity contribution in [2.24, 2.45) is 0 Å². The summed E-state index contributed by atoms with van der Waals surface area (Å²) in [6.45, 7) is 0.178. The third-order valence-corrected chi connectivity index (χ3v) is 16.9. The number of halogens is 1. The fraction of sp³-hybridized carbons (Fsp3) is 0.171. The minimum Gasteiger partial charge on any atom is -0.508 e. The highest BCUT2D eigenvalue weighted by molar-refractivity contribution is 6.32. The van der Waals surface area contributed by atoms with Crippen molar-refractivity contribution in [2.45, 2.75) is 68.0 Å². The number of rotatable bonds is 10. The molecule has 7 atom stereocenters. The van der Waals surface area contributed by atoms with Crippen LogP contribution in [0.1, 0.15) is 68.7 Å². The van der Waals surface area contributed by atoms with Gasteiger partial charge in [-0.25, -0.2) is 9.59 Å². The largest absolute Gasteiger partial charge is 0.508 e. The number of aromatic amines is 1. The average molecular weight is 1320 g/mol. The number of hydrogen-bond donors (Lipinski definition) is 15. The summed E-state index contributed by atoms with van der Waals surface area (Å²) in [7, 11) is 0. The normalized spacial score (nSPS) is 18.9. The van der Waals surface area contributed by atoms with Gasteiger partial charge in [0.2, 0.25) is 35.4 Å². The predicted octanol–water partition coefficient (Wildman–Crippen LogP) is 6.96. The SMILES string of the molecule is O=C(NCCc1ccccc1)N[C@@H](Cc1ccc(O)cc1)C(=O)N[C@H]1Cc2c[nH]c3cc(ccc23)-c2cc3cc(c2O)Oc2ccc(cc2)C[C@@H]2NC(=O)[C@H](NC(=O)[C@@H]3NC(=O)[C@H](c3cc(O)cc(O)c3)NC1=O)c1ccc(c(Cl)c1)Oc1cc(ccc1O)[C@H](C(=O)O)NC2=O. The zero-order valence-corrected chi connectivity index (χ0v) is 51.1. The number of fused-ring (bicyclic) bond motifs is 14. The van der Waals surface area contributed by atoms with E-state index in [0.717, 1.165) is 29.8 Å². The summed E-state index contributed by atoms with van der Waals surface area (Å²) in [5.74, 6) is -10.6.